The van der Waals surface area contributed by atoms with Crippen LogP contribution in [-0.2, 0) is 11.3 Å². The van der Waals surface area contributed by atoms with Crippen molar-refractivity contribution in [2.45, 2.75) is 38.1 Å². The van der Waals surface area contributed by atoms with E-state index in [1.807, 2.05) is 39.9 Å². The molecule has 4 aromatic rings. The second kappa shape index (κ2) is 10.5. The van der Waals surface area contributed by atoms with Crippen molar-refractivity contribution in [2.24, 2.45) is 0 Å². The number of hydrogen-bond acceptors (Lipinski definition) is 5. The lowest BCUT2D eigenvalue weighted by atomic mass is 10.1. The maximum Gasteiger partial charge on any atom is 0.229 e. The molecule has 2 heterocycles. The zero-order valence-electron chi connectivity index (χ0n) is 18.1. The number of benzene rings is 2. The molecule has 0 bridgehead atoms. The summed E-state index contributed by atoms with van der Waals surface area (Å²) in [5, 5.41) is 1.50. The zero-order chi connectivity index (χ0) is 22.5. The lowest BCUT2D eigenvalue weighted by molar-refractivity contribution is -0.118. The van der Waals surface area contributed by atoms with E-state index in [-0.39, 0.29) is 5.91 Å². The van der Waals surface area contributed by atoms with Crippen molar-refractivity contribution >= 4 is 56.0 Å². The van der Waals surface area contributed by atoms with Crippen LogP contribution in [0.3, 0.4) is 0 Å². The number of fused-ring (bicyclic) bond motifs is 1. The van der Waals surface area contributed by atoms with Gasteiger partial charge in [-0.15, -0.1) is 11.8 Å². The summed E-state index contributed by atoms with van der Waals surface area (Å²) >= 11 is 9.22. The van der Waals surface area contributed by atoms with E-state index in [0.717, 1.165) is 38.2 Å². The van der Waals surface area contributed by atoms with E-state index in [0.29, 0.717) is 18.7 Å². The number of carbonyl (C=O) groups is 1. The monoisotopic (exact) mass is 484 g/mol. The standard InChI is InChI=1S/C24H25ClN4OS2/c1-17-4-9-21-23(18(17)2)27-24(32-21)29(13-3-12-28-14-11-26-16-28)22(30)10-15-31-20-7-5-19(25)6-8-20/h4-9,11,14,16H,3,10,12-13,15H2,1-2H3. The largest absolute Gasteiger partial charge is 0.337 e. The fraction of sp³-hybridized carbons (Fsp3) is 0.292. The summed E-state index contributed by atoms with van der Waals surface area (Å²) in [7, 11) is 0. The molecule has 0 unspecified atom stereocenters. The van der Waals surface area contributed by atoms with E-state index in [9.17, 15) is 4.79 Å². The Balaban J connectivity index is 1.48. The Labute approximate surface area is 201 Å². The number of imidazole rings is 1. The molecule has 0 aliphatic heterocycles. The molecule has 2 aromatic heterocycles. The van der Waals surface area contributed by atoms with Gasteiger partial charge in [0.15, 0.2) is 5.13 Å². The van der Waals surface area contributed by atoms with Crippen LogP contribution < -0.4 is 4.90 Å². The maximum atomic E-state index is 13.2. The number of anilines is 1. The van der Waals surface area contributed by atoms with E-state index in [1.54, 1.807) is 35.6 Å². The molecule has 0 aliphatic carbocycles. The van der Waals surface area contributed by atoms with Crippen molar-refractivity contribution in [3.8, 4) is 0 Å². The van der Waals surface area contributed by atoms with E-state index in [4.69, 9.17) is 16.6 Å². The molecule has 2 aromatic carbocycles. The van der Waals surface area contributed by atoms with Crippen LogP contribution in [0.5, 0.6) is 0 Å². The molecule has 166 valence electrons. The predicted octanol–water partition coefficient (Wildman–Crippen LogP) is 6.37. The summed E-state index contributed by atoms with van der Waals surface area (Å²) in [6.45, 7) is 5.62. The molecule has 8 heteroatoms. The van der Waals surface area contributed by atoms with Crippen LogP contribution in [0.1, 0.15) is 24.0 Å². The third-order valence-electron chi connectivity index (χ3n) is 5.36. The molecule has 0 fully saturated rings. The van der Waals surface area contributed by atoms with Crippen molar-refractivity contribution in [1.82, 2.24) is 14.5 Å². The summed E-state index contributed by atoms with van der Waals surface area (Å²) < 4.78 is 3.15. The number of hydrogen-bond donors (Lipinski definition) is 0. The summed E-state index contributed by atoms with van der Waals surface area (Å²) in [5.41, 5.74) is 3.38. The Bertz CT molecular complexity index is 1190. The lowest BCUT2D eigenvalue weighted by Gasteiger charge is -2.20. The minimum absolute atomic E-state index is 0.102. The number of nitrogens with zero attached hydrogens (tertiary/aromatic N) is 4. The number of rotatable bonds is 9. The minimum Gasteiger partial charge on any atom is -0.337 e. The minimum atomic E-state index is 0.102. The zero-order valence-corrected chi connectivity index (χ0v) is 20.5. The van der Waals surface area contributed by atoms with Crippen LogP contribution in [-0.4, -0.2) is 32.7 Å². The number of halogens is 1. The number of aryl methyl sites for hydroxylation is 3. The average Bonchev–Trinajstić information content (AvgIpc) is 3.45. The number of carbonyl (C=O) groups excluding carboxylic acids is 1. The average molecular weight is 485 g/mol. The van der Waals surface area contributed by atoms with Gasteiger partial charge in [-0.05, 0) is 61.7 Å². The first-order chi connectivity index (χ1) is 15.5. The molecular formula is C24H25ClN4OS2. The summed E-state index contributed by atoms with van der Waals surface area (Å²) in [5.74, 6) is 0.812. The van der Waals surface area contributed by atoms with Gasteiger partial charge in [0.05, 0.1) is 16.5 Å². The van der Waals surface area contributed by atoms with Gasteiger partial charge in [0.2, 0.25) is 5.91 Å². The molecule has 0 aliphatic rings. The number of thiazole rings is 1. The lowest BCUT2D eigenvalue weighted by Crippen LogP contribution is -2.32. The van der Waals surface area contributed by atoms with E-state index < -0.39 is 0 Å². The Morgan fingerprint density at radius 1 is 1.19 bits per heavy atom. The van der Waals surface area contributed by atoms with Crippen molar-refractivity contribution in [3.63, 3.8) is 0 Å². The van der Waals surface area contributed by atoms with Gasteiger partial charge in [0, 0.05) is 47.6 Å². The van der Waals surface area contributed by atoms with Crippen LogP contribution in [0.25, 0.3) is 10.2 Å². The predicted molar refractivity (Wildman–Crippen MR) is 135 cm³/mol. The molecule has 4 rings (SSSR count). The quantitative estimate of drug-likeness (QED) is 0.259. The van der Waals surface area contributed by atoms with Crippen LogP contribution in [0, 0.1) is 13.8 Å². The van der Waals surface area contributed by atoms with Crippen molar-refractivity contribution in [3.05, 3.63) is 71.3 Å². The van der Waals surface area contributed by atoms with Gasteiger partial charge in [0.1, 0.15) is 0 Å². The molecule has 32 heavy (non-hydrogen) atoms. The molecule has 5 nitrogen and oxygen atoms in total. The van der Waals surface area contributed by atoms with Gasteiger partial charge in [-0.2, -0.15) is 0 Å². The summed E-state index contributed by atoms with van der Waals surface area (Å²) in [6, 6.07) is 11.9. The fourth-order valence-corrected chi connectivity index (χ4v) is 5.44. The molecule has 1 amide bonds. The summed E-state index contributed by atoms with van der Waals surface area (Å²) in [4.78, 5) is 25.2. The smallest absolute Gasteiger partial charge is 0.229 e. The van der Waals surface area contributed by atoms with E-state index >= 15 is 0 Å². The van der Waals surface area contributed by atoms with Gasteiger partial charge in [-0.1, -0.05) is 29.0 Å². The summed E-state index contributed by atoms with van der Waals surface area (Å²) in [6.07, 6.45) is 6.81. The van der Waals surface area contributed by atoms with Gasteiger partial charge >= 0.3 is 0 Å². The first kappa shape index (κ1) is 22.8. The van der Waals surface area contributed by atoms with E-state index in [2.05, 4.69) is 31.0 Å². The van der Waals surface area contributed by atoms with Crippen molar-refractivity contribution < 1.29 is 4.79 Å². The highest BCUT2D eigenvalue weighted by molar-refractivity contribution is 7.99. The Kier molecular flexibility index (Phi) is 7.50. The van der Waals surface area contributed by atoms with Crippen LogP contribution in [0.4, 0.5) is 5.13 Å². The third-order valence-corrected chi connectivity index (χ3v) is 7.67. The van der Waals surface area contributed by atoms with Crippen molar-refractivity contribution in [2.75, 3.05) is 17.2 Å². The molecular weight excluding hydrogens is 460 g/mol. The number of amides is 1. The Morgan fingerprint density at radius 2 is 2.00 bits per heavy atom. The number of thioether (sulfide) groups is 1. The molecule has 0 atom stereocenters. The normalized spacial score (nSPS) is 11.2. The third kappa shape index (κ3) is 5.52. The van der Waals surface area contributed by atoms with Gasteiger partial charge < -0.3 is 4.57 Å². The first-order valence-corrected chi connectivity index (χ1v) is 12.7. The highest BCUT2D eigenvalue weighted by Gasteiger charge is 2.20. The highest BCUT2D eigenvalue weighted by Crippen LogP contribution is 2.32. The Morgan fingerprint density at radius 3 is 2.75 bits per heavy atom. The maximum absolute atomic E-state index is 13.2. The molecule has 0 saturated heterocycles. The fourth-order valence-electron chi connectivity index (χ4n) is 3.41. The van der Waals surface area contributed by atoms with Crippen molar-refractivity contribution in [1.29, 1.82) is 0 Å². The van der Waals surface area contributed by atoms with Gasteiger partial charge in [-0.3, -0.25) is 9.69 Å². The van der Waals surface area contributed by atoms with Gasteiger partial charge in [-0.25, -0.2) is 9.97 Å². The highest BCUT2D eigenvalue weighted by atomic mass is 35.5. The topological polar surface area (TPSA) is 51.0 Å². The van der Waals surface area contributed by atoms with Gasteiger partial charge in [0.25, 0.3) is 0 Å². The second-order valence-corrected chi connectivity index (χ2v) is 10.2. The van der Waals surface area contributed by atoms with Crippen LogP contribution >= 0.6 is 34.7 Å². The second-order valence-electron chi connectivity index (χ2n) is 7.60. The molecule has 0 spiro atoms. The van der Waals surface area contributed by atoms with Crippen LogP contribution in [0.2, 0.25) is 5.02 Å². The first-order valence-electron chi connectivity index (χ1n) is 10.5. The molecule has 0 radical (unpaired) electrons. The SMILES string of the molecule is Cc1ccc2sc(N(CCCn3ccnc3)C(=O)CCSc3ccc(Cl)cc3)nc2c1C. The van der Waals surface area contributed by atoms with Crippen LogP contribution in [0.15, 0.2) is 60.0 Å². The molecule has 0 N–H and O–H groups in total. The van der Waals surface area contributed by atoms with E-state index in [1.165, 1.54) is 11.1 Å². The molecule has 0 saturated carbocycles. The number of aromatic nitrogens is 3. The Hall–Kier alpha value is -2.35.